The van der Waals surface area contributed by atoms with E-state index in [9.17, 15) is 14.7 Å². The highest BCUT2D eigenvalue weighted by atomic mass is 16.5. The standard InChI is InChI=1S/C19H21N3O4/c1-26-18-14(8-5-10-20-18)17(24)21-15-9-11-22(12-16(15)23)19(25)13-6-3-2-4-7-13/h2-8,10,15-16,23H,9,11-12H2,1H3,(H,21,24)/t15-,16-/m1/s1. The Bertz CT molecular complexity index is 781. The number of carbonyl (C=O) groups excluding carboxylic acids is 2. The zero-order valence-electron chi connectivity index (χ0n) is 14.5. The molecule has 3 rings (SSSR count). The fourth-order valence-corrected chi connectivity index (χ4v) is 3.02. The van der Waals surface area contributed by atoms with Crippen LogP contribution in [0.2, 0.25) is 0 Å². The molecule has 7 heteroatoms. The molecule has 1 aliphatic rings. The van der Waals surface area contributed by atoms with Crippen molar-refractivity contribution in [3.05, 3.63) is 59.8 Å². The van der Waals surface area contributed by atoms with Crippen molar-refractivity contribution in [2.24, 2.45) is 0 Å². The SMILES string of the molecule is COc1ncccc1C(=O)N[C@@H]1CCN(C(=O)c2ccccc2)C[C@H]1O. The topological polar surface area (TPSA) is 91.8 Å². The van der Waals surface area contributed by atoms with Crippen LogP contribution in [-0.2, 0) is 0 Å². The van der Waals surface area contributed by atoms with E-state index in [-0.39, 0.29) is 24.2 Å². The predicted molar refractivity (Wildman–Crippen MR) is 95.0 cm³/mol. The third-order valence-corrected chi connectivity index (χ3v) is 4.42. The van der Waals surface area contributed by atoms with Crippen LogP contribution in [0.3, 0.4) is 0 Å². The number of likely N-dealkylation sites (tertiary alicyclic amines) is 1. The smallest absolute Gasteiger partial charge is 0.257 e. The van der Waals surface area contributed by atoms with E-state index in [1.807, 2.05) is 6.07 Å². The first-order valence-corrected chi connectivity index (χ1v) is 8.42. The number of pyridine rings is 1. The van der Waals surface area contributed by atoms with Crippen LogP contribution in [0.1, 0.15) is 27.1 Å². The average Bonchev–Trinajstić information content (AvgIpc) is 2.69. The molecule has 2 aromatic rings. The maximum Gasteiger partial charge on any atom is 0.257 e. The first-order valence-electron chi connectivity index (χ1n) is 8.42. The number of piperidine rings is 1. The number of benzene rings is 1. The van der Waals surface area contributed by atoms with Crippen molar-refractivity contribution < 1.29 is 19.4 Å². The van der Waals surface area contributed by atoms with Crippen LogP contribution < -0.4 is 10.1 Å². The summed E-state index contributed by atoms with van der Waals surface area (Å²) in [6, 6.07) is 11.8. The molecule has 0 bridgehead atoms. The molecule has 0 saturated carbocycles. The van der Waals surface area contributed by atoms with Gasteiger partial charge in [-0.3, -0.25) is 9.59 Å². The Labute approximate surface area is 151 Å². The lowest BCUT2D eigenvalue weighted by Gasteiger charge is -2.36. The third kappa shape index (κ3) is 3.83. The van der Waals surface area contributed by atoms with Crippen LogP contribution in [0.4, 0.5) is 0 Å². The first kappa shape index (κ1) is 17.9. The van der Waals surface area contributed by atoms with Gasteiger partial charge in [0.2, 0.25) is 5.88 Å². The summed E-state index contributed by atoms with van der Waals surface area (Å²) in [6.07, 6.45) is 1.16. The van der Waals surface area contributed by atoms with Crippen molar-refractivity contribution in [3.8, 4) is 5.88 Å². The third-order valence-electron chi connectivity index (χ3n) is 4.42. The summed E-state index contributed by atoms with van der Waals surface area (Å²) in [7, 11) is 1.45. The number of ether oxygens (including phenoxy) is 1. The summed E-state index contributed by atoms with van der Waals surface area (Å²) in [5.74, 6) is -0.249. The van der Waals surface area contributed by atoms with E-state index < -0.39 is 12.1 Å². The molecule has 2 N–H and O–H groups in total. The number of aliphatic hydroxyl groups is 1. The number of aliphatic hydroxyl groups excluding tert-OH is 1. The molecule has 0 radical (unpaired) electrons. The predicted octanol–water partition coefficient (Wildman–Crippen LogP) is 1.10. The average molecular weight is 355 g/mol. The quantitative estimate of drug-likeness (QED) is 0.857. The molecule has 1 saturated heterocycles. The van der Waals surface area contributed by atoms with Crippen molar-refractivity contribution in [1.82, 2.24) is 15.2 Å². The zero-order chi connectivity index (χ0) is 18.5. The highest BCUT2D eigenvalue weighted by molar-refractivity contribution is 5.96. The van der Waals surface area contributed by atoms with Gasteiger partial charge in [-0.05, 0) is 30.7 Å². The summed E-state index contributed by atoms with van der Waals surface area (Å²) in [5.41, 5.74) is 0.896. The van der Waals surface area contributed by atoms with Crippen LogP contribution in [0.25, 0.3) is 0 Å². The fraction of sp³-hybridized carbons (Fsp3) is 0.316. The van der Waals surface area contributed by atoms with E-state index in [0.717, 1.165) is 0 Å². The molecule has 0 aliphatic carbocycles. The molecule has 2 heterocycles. The highest BCUT2D eigenvalue weighted by Crippen LogP contribution is 2.17. The van der Waals surface area contributed by atoms with Gasteiger partial charge in [-0.1, -0.05) is 18.2 Å². The van der Waals surface area contributed by atoms with Crippen LogP contribution in [-0.4, -0.2) is 59.1 Å². The minimum absolute atomic E-state index is 0.122. The molecular formula is C19H21N3O4. The molecule has 1 aliphatic heterocycles. The Balaban J connectivity index is 1.62. The Kier molecular flexibility index (Phi) is 5.48. The molecule has 0 spiro atoms. The van der Waals surface area contributed by atoms with Crippen LogP contribution in [0.15, 0.2) is 48.7 Å². The number of amides is 2. The minimum Gasteiger partial charge on any atom is -0.480 e. The lowest BCUT2D eigenvalue weighted by atomic mass is 10.0. The number of aromatic nitrogens is 1. The summed E-state index contributed by atoms with van der Waals surface area (Å²) in [6.45, 7) is 0.628. The monoisotopic (exact) mass is 355 g/mol. The Morgan fingerprint density at radius 2 is 2.00 bits per heavy atom. The summed E-state index contributed by atoms with van der Waals surface area (Å²) in [5, 5.41) is 13.2. The Morgan fingerprint density at radius 1 is 1.23 bits per heavy atom. The Morgan fingerprint density at radius 3 is 2.69 bits per heavy atom. The van der Waals surface area contributed by atoms with Gasteiger partial charge >= 0.3 is 0 Å². The molecular weight excluding hydrogens is 334 g/mol. The lowest BCUT2D eigenvalue weighted by molar-refractivity contribution is 0.0314. The molecule has 7 nitrogen and oxygen atoms in total. The van der Waals surface area contributed by atoms with Gasteiger partial charge in [-0.15, -0.1) is 0 Å². The molecule has 26 heavy (non-hydrogen) atoms. The van der Waals surface area contributed by atoms with Crippen LogP contribution >= 0.6 is 0 Å². The molecule has 2 amide bonds. The van der Waals surface area contributed by atoms with Gasteiger partial charge in [0.1, 0.15) is 5.56 Å². The maximum atomic E-state index is 12.5. The van der Waals surface area contributed by atoms with Crippen LogP contribution in [0.5, 0.6) is 5.88 Å². The molecule has 1 aromatic heterocycles. The van der Waals surface area contributed by atoms with Crippen molar-refractivity contribution in [3.63, 3.8) is 0 Å². The maximum absolute atomic E-state index is 12.5. The van der Waals surface area contributed by atoms with Crippen molar-refractivity contribution in [2.75, 3.05) is 20.2 Å². The van der Waals surface area contributed by atoms with Gasteiger partial charge in [0.05, 0.1) is 19.3 Å². The van der Waals surface area contributed by atoms with Crippen molar-refractivity contribution >= 4 is 11.8 Å². The first-order chi connectivity index (χ1) is 12.6. The van der Waals surface area contributed by atoms with E-state index in [4.69, 9.17) is 4.74 Å². The number of nitrogens with one attached hydrogen (secondary N) is 1. The van der Waals surface area contributed by atoms with Gasteiger partial charge in [0, 0.05) is 24.8 Å². The lowest BCUT2D eigenvalue weighted by Crippen LogP contribution is -2.55. The zero-order valence-corrected chi connectivity index (χ0v) is 14.5. The number of methoxy groups -OCH3 is 1. The van der Waals surface area contributed by atoms with E-state index >= 15 is 0 Å². The normalized spacial score (nSPS) is 19.7. The van der Waals surface area contributed by atoms with Gasteiger partial charge in [-0.25, -0.2) is 4.98 Å². The summed E-state index contributed by atoms with van der Waals surface area (Å²) >= 11 is 0. The molecule has 2 atom stereocenters. The highest BCUT2D eigenvalue weighted by Gasteiger charge is 2.32. The summed E-state index contributed by atoms with van der Waals surface area (Å²) < 4.78 is 5.09. The fourth-order valence-electron chi connectivity index (χ4n) is 3.02. The van der Waals surface area contributed by atoms with Crippen molar-refractivity contribution in [2.45, 2.75) is 18.6 Å². The van der Waals surface area contributed by atoms with E-state index in [2.05, 4.69) is 10.3 Å². The largest absolute Gasteiger partial charge is 0.480 e. The number of rotatable bonds is 4. The second-order valence-corrected chi connectivity index (χ2v) is 6.11. The van der Waals surface area contributed by atoms with E-state index in [0.29, 0.717) is 24.1 Å². The van der Waals surface area contributed by atoms with E-state index in [1.54, 1.807) is 41.3 Å². The van der Waals surface area contributed by atoms with Gasteiger partial charge in [-0.2, -0.15) is 0 Å². The second kappa shape index (κ2) is 7.97. The molecule has 136 valence electrons. The number of carbonyl (C=O) groups is 2. The van der Waals surface area contributed by atoms with E-state index in [1.165, 1.54) is 13.3 Å². The summed E-state index contributed by atoms with van der Waals surface area (Å²) in [4.78, 5) is 30.5. The van der Waals surface area contributed by atoms with Crippen LogP contribution in [0, 0.1) is 0 Å². The number of nitrogens with zero attached hydrogens (tertiary/aromatic N) is 2. The van der Waals surface area contributed by atoms with Gasteiger partial charge in [0.25, 0.3) is 11.8 Å². The molecule has 1 aromatic carbocycles. The molecule has 1 fully saturated rings. The minimum atomic E-state index is -0.844. The number of hydrogen-bond donors (Lipinski definition) is 2. The number of hydrogen-bond acceptors (Lipinski definition) is 5. The van der Waals surface area contributed by atoms with Crippen molar-refractivity contribution in [1.29, 1.82) is 0 Å². The molecule has 0 unspecified atom stereocenters. The van der Waals surface area contributed by atoms with Gasteiger partial charge < -0.3 is 20.1 Å². The Hall–Kier alpha value is -2.93. The second-order valence-electron chi connectivity index (χ2n) is 6.11. The van der Waals surface area contributed by atoms with Gasteiger partial charge in [0.15, 0.2) is 0 Å². The number of β-amino-alcohol motifs (C(OH)–C–C–N with tert-alkyl or cyclic N) is 1.